The molecule has 27 heavy (non-hydrogen) atoms. The first-order valence-electron chi connectivity index (χ1n) is 9.54. The Kier molecular flexibility index (Phi) is 5.05. The van der Waals surface area contributed by atoms with Crippen LogP contribution in [-0.4, -0.2) is 32.5 Å². The van der Waals surface area contributed by atoms with Crippen LogP contribution in [0.2, 0.25) is 0 Å². The fourth-order valence-electron chi connectivity index (χ4n) is 3.68. The first kappa shape index (κ1) is 17.5. The Bertz CT molecular complexity index is 837. The Morgan fingerprint density at radius 1 is 1.15 bits per heavy atom. The van der Waals surface area contributed by atoms with E-state index in [1.807, 2.05) is 0 Å². The van der Waals surface area contributed by atoms with Gasteiger partial charge in [-0.2, -0.15) is 0 Å². The van der Waals surface area contributed by atoms with Gasteiger partial charge in [0.25, 0.3) is 0 Å². The second-order valence-corrected chi connectivity index (χ2v) is 6.85. The molecule has 0 radical (unpaired) electrons. The average molecular weight is 367 g/mol. The van der Waals surface area contributed by atoms with Gasteiger partial charge in [0, 0.05) is 37.1 Å². The Hall–Kier alpha value is -2.89. The molecule has 2 aromatic rings. The average Bonchev–Trinajstić information content (AvgIpc) is 3.15. The number of rotatable bonds is 5. The van der Waals surface area contributed by atoms with Crippen LogP contribution in [0.5, 0.6) is 11.5 Å². The molecule has 0 saturated heterocycles. The van der Waals surface area contributed by atoms with Crippen LogP contribution >= 0.6 is 0 Å². The van der Waals surface area contributed by atoms with E-state index in [2.05, 4.69) is 40.7 Å². The summed E-state index contributed by atoms with van der Waals surface area (Å²) in [5.41, 5.74) is 4.73. The molecule has 0 bridgehead atoms. The Labute approximate surface area is 159 Å². The number of carbonyl (C=O) groups is 1. The van der Waals surface area contributed by atoms with Crippen molar-refractivity contribution in [2.75, 3.05) is 36.6 Å². The van der Waals surface area contributed by atoms with Crippen LogP contribution in [-0.2, 0) is 12.8 Å². The molecule has 0 aliphatic carbocycles. The molecule has 0 spiro atoms. The number of urea groups is 1. The van der Waals surface area contributed by atoms with Gasteiger partial charge in [-0.15, -0.1) is 0 Å². The van der Waals surface area contributed by atoms with Gasteiger partial charge >= 0.3 is 6.03 Å². The first-order valence-corrected chi connectivity index (χ1v) is 9.54. The molecule has 142 valence electrons. The number of hydrogen-bond acceptors (Lipinski definition) is 4. The molecule has 6 heteroatoms. The van der Waals surface area contributed by atoms with Crippen LogP contribution in [0.15, 0.2) is 36.4 Å². The molecule has 2 aromatic carbocycles. The highest BCUT2D eigenvalue weighted by atomic mass is 16.7. The van der Waals surface area contributed by atoms with E-state index in [0.29, 0.717) is 23.7 Å². The Morgan fingerprint density at radius 2 is 2.04 bits per heavy atom. The number of aryl methyl sites for hydroxylation is 1. The third-order valence-corrected chi connectivity index (χ3v) is 5.07. The number of anilines is 2. The van der Waals surface area contributed by atoms with Gasteiger partial charge in [-0.3, -0.25) is 0 Å². The molecule has 2 heterocycles. The van der Waals surface area contributed by atoms with Crippen molar-refractivity contribution in [1.82, 2.24) is 5.32 Å². The van der Waals surface area contributed by atoms with Crippen molar-refractivity contribution in [3.8, 4) is 11.5 Å². The summed E-state index contributed by atoms with van der Waals surface area (Å²) >= 11 is 0. The minimum atomic E-state index is -0.219. The molecule has 0 aromatic heterocycles. The molecule has 2 aliphatic rings. The summed E-state index contributed by atoms with van der Waals surface area (Å²) in [6.07, 6.45) is 3.16. The van der Waals surface area contributed by atoms with Gasteiger partial charge in [-0.05, 0) is 55.5 Å². The normalized spacial score (nSPS) is 14.6. The quantitative estimate of drug-likeness (QED) is 0.848. The minimum Gasteiger partial charge on any atom is -0.454 e. The molecule has 6 nitrogen and oxygen atoms in total. The van der Waals surface area contributed by atoms with Crippen molar-refractivity contribution >= 4 is 17.4 Å². The molecular weight excluding hydrogens is 342 g/mol. The lowest BCUT2D eigenvalue weighted by Crippen LogP contribution is -2.30. The van der Waals surface area contributed by atoms with Crippen LogP contribution in [0.4, 0.5) is 16.2 Å². The van der Waals surface area contributed by atoms with E-state index < -0.39 is 0 Å². The number of carbonyl (C=O) groups excluding carboxylic acids is 1. The van der Waals surface area contributed by atoms with Gasteiger partial charge in [-0.25, -0.2) is 4.79 Å². The zero-order valence-electron chi connectivity index (χ0n) is 15.6. The van der Waals surface area contributed by atoms with Crippen molar-refractivity contribution in [3.05, 3.63) is 47.5 Å². The zero-order chi connectivity index (χ0) is 18.6. The van der Waals surface area contributed by atoms with Gasteiger partial charge in [0.2, 0.25) is 6.79 Å². The molecule has 0 fully saturated rings. The summed E-state index contributed by atoms with van der Waals surface area (Å²) < 4.78 is 10.6. The fraction of sp³-hybridized carbons (Fsp3) is 0.381. The van der Waals surface area contributed by atoms with E-state index in [-0.39, 0.29) is 12.8 Å². The molecule has 0 unspecified atom stereocenters. The third-order valence-electron chi connectivity index (χ3n) is 5.07. The highest BCUT2D eigenvalue weighted by Crippen LogP contribution is 2.34. The molecule has 0 atom stereocenters. The predicted molar refractivity (Wildman–Crippen MR) is 106 cm³/mol. The van der Waals surface area contributed by atoms with Crippen molar-refractivity contribution < 1.29 is 14.3 Å². The van der Waals surface area contributed by atoms with Gasteiger partial charge in [0.05, 0.1) is 0 Å². The fourth-order valence-corrected chi connectivity index (χ4v) is 3.68. The summed E-state index contributed by atoms with van der Waals surface area (Å²) in [7, 11) is 0. The summed E-state index contributed by atoms with van der Waals surface area (Å²) in [6.45, 7) is 5.21. The second kappa shape index (κ2) is 7.78. The zero-order valence-corrected chi connectivity index (χ0v) is 15.6. The maximum Gasteiger partial charge on any atom is 0.319 e. The van der Waals surface area contributed by atoms with Crippen molar-refractivity contribution in [1.29, 1.82) is 0 Å². The van der Waals surface area contributed by atoms with Crippen molar-refractivity contribution in [3.63, 3.8) is 0 Å². The van der Waals surface area contributed by atoms with Gasteiger partial charge < -0.3 is 25.0 Å². The summed E-state index contributed by atoms with van der Waals surface area (Å²) in [5, 5.41) is 5.74. The molecule has 4 rings (SSSR count). The molecule has 0 saturated carbocycles. The third kappa shape index (κ3) is 3.94. The SMILES string of the molecule is CCN1CCCc2cc(CCNC(=O)Nc3ccc4c(c3)OCO4)ccc21. The first-order chi connectivity index (χ1) is 13.2. The van der Waals surface area contributed by atoms with E-state index in [4.69, 9.17) is 9.47 Å². The molecular formula is C21H25N3O3. The van der Waals surface area contributed by atoms with Crippen LogP contribution in [0.25, 0.3) is 0 Å². The maximum absolute atomic E-state index is 12.1. The predicted octanol–water partition coefficient (Wildman–Crippen LogP) is 3.55. The lowest BCUT2D eigenvalue weighted by atomic mass is 9.98. The lowest BCUT2D eigenvalue weighted by Gasteiger charge is -2.30. The number of hydrogen-bond donors (Lipinski definition) is 2. The van der Waals surface area contributed by atoms with E-state index in [1.54, 1.807) is 18.2 Å². The number of benzene rings is 2. The number of nitrogens with one attached hydrogen (secondary N) is 2. The molecule has 2 amide bonds. The van der Waals surface area contributed by atoms with E-state index in [9.17, 15) is 4.79 Å². The summed E-state index contributed by atoms with van der Waals surface area (Å²) in [5.74, 6) is 1.36. The van der Waals surface area contributed by atoms with Crippen LogP contribution < -0.4 is 25.0 Å². The summed E-state index contributed by atoms with van der Waals surface area (Å²) in [4.78, 5) is 14.5. The van der Waals surface area contributed by atoms with Crippen molar-refractivity contribution in [2.24, 2.45) is 0 Å². The van der Waals surface area contributed by atoms with Gasteiger partial charge in [-0.1, -0.05) is 12.1 Å². The number of nitrogens with zero attached hydrogens (tertiary/aromatic N) is 1. The summed E-state index contributed by atoms with van der Waals surface area (Å²) in [6, 6.07) is 11.8. The van der Waals surface area contributed by atoms with Crippen LogP contribution in [0, 0.1) is 0 Å². The topological polar surface area (TPSA) is 62.8 Å². The standard InChI is InChI=1S/C21H25N3O3/c1-2-24-11-3-4-16-12-15(5-7-18(16)24)9-10-22-21(25)23-17-6-8-19-20(13-17)27-14-26-19/h5-8,12-13H,2-4,9-11,14H2,1H3,(H2,22,23,25). The Morgan fingerprint density at radius 3 is 2.93 bits per heavy atom. The van der Waals surface area contributed by atoms with E-state index >= 15 is 0 Å². The van der Waals surface area contributed by atoms with Crippen LogP contribution in [0.3, 0.4) is 0 Å². The van der Waals surface area contributed by atoms with Crippen LogP contribution in [0.1, 0.15) is 24.5 Å². The monoisotopic (exact) mass is 367 g/mol. The second-order valence-electron chi connectivity index (χ2n) is 6.85. The smallest absolute Gasteiger partial charge is 0.319 e. The van der Waals surface area contributed by atoms with E-state index in [1.165, 1.54) is 23.2 Å². The largest absolute Gasteiger partial charge is 0.454 e. The minimum absolute atomic E-state index is 0.219. The number of amides is 2. The highest BCUT2D eigenvalue weighted by Gasteiger charge is 2.16. The lowest BCUT2D eigenvalue weighted by molar-refractivity contribution is 0.174. The number of ether oxygens (including phenoxy) is 2. The van der Waals surface area contributed by atoms with Gasteiger partial charge in [0.1, 0.15) is 0 Å². The Balaban J connectivity index is 1.29. The van der Waals surface area contributed by atoms with Gasteiger partial charge in [0.15, 0.2) is 11.5 Å². The van der Waals surface area contributed by atoms with E-state index in [0.717, 1.165) is 25.9 Å². The molecule has 2 N–H and O–H groups in total. The number of fused-ring (bicyclic) bond motifs is 2. The highest BCUT2D eigenvalue weighted by molar-refractivity contribution is 5.89. The maximum atomic E-state index is 12.1. The molecule has 2 aliphatic heterocycles. The van der Waals surface area contributed by atoms with Crippen molar-refractivity contribution in [2.45, 2.75) is 26.2 Å².